The Morgan fingerprint density at radius 3 is 2.12 bits per heavy atom. The third-order valence-corrected chi connectivity index (χ3v) is 8.41. The van der Waals surface area contributed by atoms with Crippen molar-refractivity contribution < 1.29 is 17.6 Å². The fourth-order valence-corrected chi connectivity index (χ4v) is 5.95. The van der Waals surface area contributed by atoms with Gasteiger partial charge >= 0.3 is 0 Å². The lowest BCUT2D eigenvalue weighted by atomic mass is 9.96. The quantitative estimate of drug-likeness (QED) is 0.666. The molecule has 1 amide bonds. The van der Waals surface area contributed by atoms with Gasteiger partial charge in [-0.05, 0) is 49.1 Å². The predicted octanol–water partition coefficient (Wildman–Crippen LogP) is 2.61. The highest BCUT2D eigenvalue weighted by Gasteiger charge is 2.34. The Morgan fingerprint density at radius 2 is 1.50 bits per heavy atom. The monoisotopic (exact) mass is 459 g/mol. The molecule has 6 nitrogen and oxygen atoms in total. The first-order valence-corrected chi connectivity index (χ1v) is 12.7. The molecule has 8 heteroatoms. The highest BCUT2D eigenvalue weighted by molar-refractivity contribution is 7.89. The van der Waals surface area contributed by atoms with E-state index in [0.717, 1.165) is 51.3 Å². The average molecular weight is 460 g/mol. The van der Waals surface area contributed by atoms with E-state index in [9.17, 15) is 17.6 Å². The van der Waals surface area contributed by atoms with Gasteiger partial charge in [-0.15, -0.1) is 0 Å². The molecule has 2 aliphatic heterocycles. The topological polar surface area (TPSA) is 60.9 Å². The molecular formula is C24H30FN3O3S. The minimum atomic E-state index is -3.65. The highest BCUT2D eigenvalue weighted by atomic mass is 32.2. The Morgan fingerprint density at radius 1 is 0.875 bits per heavy atom. The number of carbonyl (C=O) groups is 1. The Kier molecular flexibility index (Phi) is 7.23. The second kappa shape index (κ2) is 10.1. The Bertz CT molecular complexity index is 999. The van der Waals surface area contributed by atoms with Crippen LogP contribution in [-0.2, 0) is 21.2 Å². The number of benzene rings is 2. The van der Waals surface area contributed by atoms with Crippen molar-refractivity contribution >= 4 is 15.9 Å². The molecule has 2 aromatic carbocycles. The molecule has 32 heavy (non-hydrogen) atoms. The first-order chi connectivity index (χ1) is 15.4. The van der Waals surface area contributed by atoms with E-state index in [1.165, 1.54) is 22.0 Å². The smallest absolute Gasteiger partial charge is 0.243 e. The van der Waals surface area contributed by atoms with E-state index in [4.69, 9.17) is 0 Å². The summed E-state index contributed by atoms with van der Waals surface area (Å²) >= 11 is 0. The molecule has 0 aliphatic carbocycles. The van der Waals surface area contributed by atoms with Crippen LogP contribution in [0.25, 0.3) is 0 Å². The van der Waals surface area contributed by atoms with Gasteiger partial charge < -0.3 is 4.90 Å². The number of piperidine rings is 1. The van der Waals surface area contributed by atoms with Crippen molar-refractivity contribution in [2.24, 2.45) is 5.92 Å². The Balaban J connectivity index is 1.24. The summed E-state index contributed by atoms with van der Waals surface area (Å²) in [6, 6.07) is 15.3. The van der Waals surface area contributed by atoms with Crippen molar-refractivity contribution in [1.29, 1.82) is 0 Å². The lowest BCUT2D eigenvalue weighted by molar-refractivity contribution is -0.138. The van der Waals surface area contributed by atoms with Crippen LogP contribution in [0.4, 0.5) is 4.39 Å². The van der Waals surface area contributed by atoms with Gasteiger partial charge in [0.1, 0.15) is 5.82 Å². The highest BCUT2D eigenvalue weighted by Crippen LogP contribution is 2.25. The van der Waals surface area contributed by atoms with E-state index in [-0.39, 0.29) is 16.7 Å². The van der Waals surface area contributed by atoms with Crippen LogP contribution in [0.5, 0.6) is 0 Å². The number of sulfonamides is 1. The lowest BCUT2D eigenvalue weighted by Gasteiger charge is -2.38. The summed E-state index contributed by atoms with van der Waals surface area (Å²) < 4.78 is 40.1. The largest absolute Gasteiger partial charge is 0.340 e. The SMILES string of the molecule is O=C(C1CCN(S(=O)(=O)c2ccc(F)cc2)CC1)N1CCN(CCc2ccccc2)CC1. The molecule has 2 fully saturated rings. The van der Waals surface area contributed by atoms with Crippen LogP contribution in [0.15, 0.2) is 59.5 Å². The number of hydrogen-bond donors (Lipinski definition) is 0. The van der Waals surface area contributed by atoms with Gasteiger partial charge in [0.25, 0.3) is 0 Å². The number of rotatable bonds is 6. The van der Waals surface area contributed by atoms with Gasteiger partial charge in [-0.2, -0.15) is 4.31 Å². The van der Waals surface area contributed by atoms with Crippen LogP contribution >= 0.6 is 0 Å². The van der Waals surface area contributed by atoms with E-state index in [1.54, 1.807) is 0 Å². The Hall–Kier alpha value is -2.29. The maximum Gasteiger partial charge on any atom is 0.243 e. The van der Waals surface area contributed by atoms with E-state index in [1.807, 2.05) is 11.0 Å². The predicted molar refractivity (Wildman–Crippen MR) is 121 cm³/mol. The van der Waals surface area contributed by atoms with E-state index >= 15 is 0 Å². The summed E-state index contributed by atoms with van der Waals surface area (Å²) in [6.45, 7) is 4.81. The summed E-state index contributed by atoms with van der Waals surface area (Å²) in [4.78, 5) is 17.4. The fourth-order valence-electron chi connectivity index (χ4n) is 4.48. The van der Waals surface area contributed by atoms with Gasteiger partial charge in [-0.25, -0.2) is 12.8 Å². The molecule has 4 rings (SSSR count). The summed E-state index contributed by atoms with van der Waals surface area (Å²) in [7, 11) is -3.65. The minimum Gasteiger partial charge on any atom is -0.340 e. The molecule has 2 aliphatic rings. The number of amides is 1. The normalized spacial score (nSPS) is 19.2. The number of hydrogen-bond acceptors (Lipinski definition) is 4. The molecule has 172 valence electrons. The standard InChI is InChI=1S/C24H30FN3O3S/c25-22-6-8-23(9-7-22)32(30,31)28-14-11-21(12-15-28)24(29)27-18-16-26(17-19-27)13-10-20-4-2-1-3-5-20/h1-9,21H,10-19H2. The van der Waals surface area contributed by atoms with Crippen LogP contribution in [-0.4, -0.2) is 74.2 Å². The van der Waals surface area contributed by atoms with Crippen molar-refractivity contribution in [1.82, 2.24) is 14.1 Å². The molecule has 0 N–H and O–H groups in total. The second-order valence-electron chi connectivity index (χ2n) is 8.53. The molecular weight excluding hydrogens is 429 g/mol. The van der Waals surface area contributed by atoms with Gasteiger partial charge in [-0.3, -0.25) is 9.69 Å². The fraction of sp³-hybridized carbons (Fsp3) is 0.458. The molecule has 2 saturated heterocycles. The van der Waals surface area contributed by atoms with Crippen molar-refractivity contribution in [2.45, 2.75) is 24.2 Å². The first-order valence-electron chi connectivity index (χ1n) is 11.2. The number of carbonyl (C=O) groups excluding carboxylic acids is 1. The van der Waals surface area contributed by atoms with Gasteiger partial charge in [0.05, 0.1) is 4.90 Å². The molecule has 2 aromatic rings. The molecule has 0 bridgehead atoms. The molecule has 0 aromatic heterocycles. The zero-order chi connectivity index (χ0) is 22.6. The molecule has 0 atom stereocenters. The number of nitrogens with zero attached hydrogens (tertiary/aromatic N) is 3. The summed E-state index contributed by atoms with van der Waals surface area (Å²) in [6.07, 6.45) is 2.05. The van der Waals surface area contributed by atoms with Crippen LogP contribution in [0, 0.1) is 11.7 Å². The molecule has 0 spiro atoms. The van der Waals surface area contributed by atoms with E-state index < -0.39 is 15.8 Å². The van der Waals surface area contributed by atoms with Crippen molar-refractivity contribution in [3.8, 4) is 0 Å². The molecule has 2 heterocycles. The van der Waals surface area contributed by atoms with Crippen molar-refractivity contribution in [3.05, 3.63) is 66.0 Å². The van der Waals surface area contributed by atoms with Crippen LogP contribution in [0.1, 0.15) is 18.4 Å². The van der Waals surface area contributed by atoms with Crippen molar-refractivity contribution in [2.75, 3.05) is 45.8 Å². The zero-order valence-corrected chi connectivity index (χ0v) is 19.0. The van der Waals surface area contributed by atoms with Gasteiger partial charge in [-0.1, -0.05) is 30.3 Å². The third kappa shape index (κ3) is 5.36. The average Bonchev–Trinajstić information content (AvgIpc) is 2.84. The second-order valence-corrected chi connectivity index (χ2v) is 10.5. The summed E-state index contributed by atoms with van der Waals surface area (Å²) in [5, 5.41) is 0. The van der Waals surface area contributed by atoms with Gasteiger partial charge in [0.15, 0.2) is 0 Å². The Labute approximate surface area is 189 Å². The van der Waals surface area contributed by atoms with Crippen molar-refractivity contribution in [3.63, 3.8) is 0 Å². The van der Waals surface area contributed by atoms with Crippen LogP contribution in [0.3, 0.4) is 0 Å². The minimum absolute atomic E-state index is 0.0929. The molecule has 0 saturated carbocycles. The number of piperazine rings is 1. The summed E-state index contributed by atoms with van der Waals surface area (Å²) in [5.74, 6) is -0.453. The third-order valence-electron chi connectivity index (χ3n) is 6.50. The maximum atomic E-state index is 13.1. The maximum absolute atomic E-state index is 13.1. The molecule has 0 radical (unpaired) electrons. The lowest BCUT2D eigenvalue weighted by Crippen LogP contribution is -2.52. The van der Waals surface area contributed by atoms with E-state index in [2.05, 4.69) is 29.2 Å². The molecule has 0 unspecified atom stereocenters. The number of halogens is 1. The van der Waals surface area contributed by atoms with Crippen LogP contribution in [0.2, 0.25) is 0 Å². The van der Waals surface area contributed by atoms with E-state index in [0.29, 0.717) is 25.9 Å². The van der Waals surface area contributed by atoms with Crippen LogP contribution < -0.4 is 0 Å². The summed E-state index contributed by atoms with van der Waals surface area (Å²) in [5.41, 5.74) is 1.33. The van der Waals surface area contributed by atoms with Gasteiger partial charge in [0.2, 0.25) is 15.9 Å². The first kappa shape index (κ1) is 22.9. The zero-order valence-electron chi connectivity index (χ0n) is 18.2. The van der Waals surface area contributed by atoms with Gasteiger partial charge in [0, 0.05) is 51.7 Å².